The molecular formula is C15H18ClN3O2. The van der Waals surface area contributed by atoms with Crippen LogP contribution in [0.2, 0.25) is 0 Å². The summed E-state index contributed by atoms with van der Waals surface area (Å²) < 4.78 is 5.79. The van der Waals surface area contributed by atoms with Gasteiger partial charge in [-0.15, -0.1) is 12.4 Å². The van der Waals surface area contributed by atoms with Crippen molar-refractivity contribution in [3.05, 3.63) is 48.0 Å². The van der Waals surface area contributed by atoms with E-state index < -0.39 is 0 Å². The third kappa shape index (κ3) is 4.66. The lowest BCUT2D eigenvalue weighted by molar-refractivity contribution is -0.114. The quantitative estimate of drug-likeness (QED) is 0.597. The van der Waals surface area contributed by atoms with Crippen LogP contribution in [-0.4, -0.2) is 5.91 Å². The SMILES string of the molecule is CC(=O)Nc1ccc(Oc2ccc(NN)cc2C)cc1.Cl. The van der Waals surface area contributed by atoms with Crippen LogP contribution in [0.15, 0.2) is 42.5 Å². The summed E-state index contributed by atoms with van der Waals surface area (Å²) in [5.74, 6) is 6.72. The van der Waals surface area contributed by atoms with E-state index in [4.69, 9.17) is 10.6 Å². The second-order valence-corrected chi connectivity index (χ2v) is 4.43. The first kappa shape index (κ1) is 16.8. The minimum Gasteiger partial charge on any atom is -0.457 e. The van der Waals surface area contributed by atoms with Crippen LogP contribution in [0.4, 0.5) is 11.4 Å². The number of carbonyl (C=O) groups is 1. The molecule has 112 valence electrons. The van der Waals surface area contributed by atoms with Gasteiger partial charge in [-0.3, -0.25) is 10.6 Å². The summed E-state index contributed by atoms with van der Waals surface area (Å²) in [5, 5.41) is 2.71. The molecule has 2 aromatic rings. The van der Waals surface area contributed by atoms with Crippen LogP contribution >= 0.6 is 12.4 Å². The van der Waals surface area contributed by atoms with Gasteiger partial charge in [0, 0.05) is 18.3 Å². The van der Waals surface area contributed by atoms with E-state index in [0.29, 0.717) is 5.75 Å². The van der Waals surface area contributed by atoms with Crippen molar-refractivity contribution in [2.75, 3.05) is 10.7 Å². The van der Waals surface area contributed by atoms with Crippen molar-refractivity contribution in [2.45, 2.75) is 13.8 Å². The van der Waals surface area contributed by atoms with Gasteiger partial charge in [-0.1, -0.05) is 0 Å². The van der Waals surface area contributed by atoms with Crippen molar-refractivity contribution < 1.29 is 9.53 Å². The number of anilines is 2. The highest BCUT2D eigenvalue weighted by Crippen LogP contribution is 2.27. The van der Waals surface area contributed by atoms with Crippen LogP contribution in [0.5, 0.6) is 11.5 Å². The molecule has 5 nitrogen and oxygen atoms in total. The Bertz CT molecular complexity index is 615. The predicted molar refractivity (Wildman–Crippen MR) is 87.1 cm³/mol. The summed E-state index contributed by atoms with van der Waals surface area (Å²) >= 11 is 0. The zero-order chi connectivity index (χ0) is 14.5. The highest BCUT2D eigenvalue weighted by atomic mass is 35.5. The monoisotopic (exact) mass is 307 g/mol. The number of aryl methyl sites for hydroxylation is 1. The molecule has 1 amide bonds. The summed E-state index contributed by atoms with van der Waals surface area (Å²) in [4.78, 5) is 10.9. The molecule has 0 saturated heterocycles. The van der Waals surface area contributed by atoms with Gasteiger partial charge in [-0.25, -0.2) is 0 Å². The highest BCUT2D eigenvalue weighted by Gasteiger charge is 2.03. The van der Waals surface area contributed by atoms with Crippen molar-refractivity contribution in [1.29, 1.82) is 0 Å². The van der Waals surface area contributed by atoms with Crippen LogP contribution in [0.25, 0.3) is 0 Å². The first-order valence-electron chi connectivity index (χ1n) is 6.21. The number of nitrogen functional groups attached to an aromatic ring is 1. The third-order valence-electron chi connectivity index (χ3n) is 2.74. The molecule has 0 aromatic heterocycles. The smallest absolute Gasteiger partial charge is 0.221 e. The maximum Gasteiger partial charge on any atom is 0.221 e. The topological polar surface area (TPSA) is 76.4 Å². The Morgan fingerprint density at radius 2 is 1.71 bits per heavy atom. The molecule has 0 spiro atoms. The van der Waals surface area contributed by atoms with Crippen LogP contribution in [0, 0.1) is 6.92 Å². The van der Waals surface area contributed by atoms with Gasteiger partial charge in [0.1, 0.15) is 11.5 Å². The number of carbonyl (C=O) groups excluding carboxylic acids is 1. The lowest BCUT2D eigenvalue weighted by Crippen LogP contribution is -2.06. The van der Waals surface area contributed by atoms with Crippen LogP contribution in [0.1, 0.15) is 12.5 Å². The summed E-state index contributed by atoms with van der Waals surface area (Å²) in [5.41, 5.74) is 5.14. The second kappa shape index (κ2) is 7.52. The number of amides is 1. The average Bonchev–Trinajstić information content (AvgIpc) is 2.42. The summed E-state index contributed by atoms with van der Waals surface area (Å²) in [6, 6.07) is 12.8. The average molecular weight is 308 g/mol. The number of rotatable bonds is 4. The van der Waals surface area contributed by atoms with E-state index in [0.717, 1.165) is 22.7 Å². The van der Waals surface area contributed by atoms with Gasteiger partial charge in [-0.05, 0) is 55.0 Å². The molecule has 0 fully saturated rings. The van der Waals surface area contributed by atoms with Gasteiger partial charge < -0.3 is 15.5 Å². The Kier molecular flexibility index (Phi) is 6.02. The fraction of sp³-hybridized carbons (Fsp3) is 0.133. The van der Waals surface area contributed by atoms with Crippen LogP contribution < -0.4 is 21.3 Å². The molecule has 0 aliphatic heterocycles. The minimum absolute atomic E-state index is 0. The van der Waals surface area contributed by atoms with Gasteiger partial charge in [0.05, 0.1) is 0 Å². The van der Waals surface area contributed by atoms with E-state index >= 15 is 0 Å². The zero-order valence-electron chi connectivity index (χ0n) is 11.8. The van der Waals surface area contributed by atoms with Crippen molar-refractivity contribution in [2.24, 2.45) is 5.84 Å². The Balaban J connectivity index is 0.00000220. The second-order valence-electron chi connectivity index (χ2n) is 4.43. The fourth-order valence-corrected chi connectivity index (χ4v) is 1.79. The van der Waals surface area contributed by atoms with Gasteiger partial charge in [0.15, 0.2) is 0 Å². The first-order valence-corrected chi connectivity index (χ1v) is 6.21. The maximum absolute atomic E-state index is 10.9. The van der Waals surface area contributed by atoms with E-state index in [-0.39, 0.29) is 18.3 Å². The predicted octanol–water partition coefficient (Wildman–Crippen LogP) is 3.45. The van der Waals surface area contributed by atoms with Crippen LogP contribution in [0.3, 0.4) is 0 Å². The molecule has 4 N–H and O–H groups in total. The molecule has 0 radical (unpaired) electrons. The van der Waals surface area contributed by atoms with Crippen molar-refractivity contribution in [3.8, 4) is 11.5 Å². The number of halogens is 1. The van der Waals surface area contributed by atoms with Gasteiger partial charge >= 0.3 is 0 Å². The maximum atomic E-state index is 10.9. The number of hydrogen-bond donors (Lipinski definition) is 3. The molecular weight excluding hydrogens is 290 g/mol. The normalized spacial score (nSPS) is 9.48. The fourth-order valence-electron chi connectivity index (χ4n) is 1.79. The first-order chi connectivity index (χ1) is 9.58. The minimum atomic E-state index is -0.0978. The Morgan fingerprint density at radius 1 is 1.10 bits per heavy atom. The number of hydrazine groups is 1. The van der Waals surface area contributed by atoms with Gasteiger partial charge in [0.25, 0.3) is 0 Å². The van der Waals surface area contributed by atoms with E-state index in [1.54, 1.807) is 24.3 Å². The van der Waals surface area contributed by atoms with E-state index in [1.807, 2.05) is 25.1 Å². The van der Waals surface area contributed by atoms with Crippen molar-refractivity contribution >= 4 is 29.7 Å². The molecule has 0 atom stereocenters. The van der Waals surface area contributed by atoms with Crippen molar-refractivity contribution in [3.63, 3.8) is 0 Å². The van der Waals surface area contributed by atoms with Gasteiger partial charge in [-0.2, -0.15) is 0 Å². The van der Waals surface area contributed by atoms with Crippen molar-refractivity contribution in [1.82, 2.24) is 0 Å². The number of ether oxygens (including phenoxy) is 1. The highest BCUT2D eigenvalue weighted by molar-refractivity contribution is 5.88. The van der Waals surface area contributed by atoms with Gasteiger partial charge in [0.2, 0.25) is 5.91 Å². The molecule has 0 unspecified atom stereocenters. The Hall–Kier alpha value is -2.24. The third-order valence-corrected chi connectivity index (χ3v) is 2.74. The molecule has 0 aliphatic carbocycles. The zero-order valence-corrected chi connectivity index (χ0v) is 12.7. The van der Waals surface area contributed by atoms with E-state index in [2.05, 4.69) is 10.7 Å². The number of hydrogen-bond acceptors (Lipinski definition) is 4. The molecule has 0 bridgehead atoms. The molecule has 0 aliphatic rings. The molecule has 0 heterocycles. The lowest BCUT2D eigenvalue weighted by atomic mass is 10.2. The number of nitrogens with two attached hydrogens (primary N) is 1. The Morgan fingerprint density at radius 3 is 2.24 bits per heavy atom. The summed E-state index contributed by atoms with van der Waals surface area (Å²) in [7, 11) is 0. The van der Waals surface area contributed by atoms with E-state index in [9.17, 15) is 4.79 Å². The number of nitrogens with one attached hydrogen (secondary N) is 2. The molecule has 2 aromatic carbocycles. The number of benzene rings is 2. The molecule has 6 heteroatoms. The summed E-state index contributed by atoms with van der Waals surface area (Å²) in [6.45, 7) is 3.42. The van der Waals surface area contributed by atoms with Crippen LogP contribution in [-0.2, 0) is 4.79 Å². The summed E-state index contributed by atoms with van der Waals surface area (Å²) in [6.07, 6.45) is 0. The van der Waals surface area contributed by atoms with E-state index in [1.165, 1.54) is 6.92 Å². The largest absolute Gasteiger partial charge is 0.457 e. The lowest BCUT2D eigenvalue weighted by Gasteiger charge is -2.11. The molecule has 0 saturated carbocycles. The Labute approximate surface area is 129 Å². The molecule has 2 rings (SSSR count). The molecule has 21 heavy (non-hydrogen) atoms. The standard InChI is InChI=1S/C15H17N3O2.ClH/c1-10-9-13(18-16)5-8-15(10)20-14-6-3-12(4-7-14)17-11(2)19;/h3-9,18H,16H2,1-2H3,(H,17,19);1H.